The third-order valence-corrected chi connectivity index (χ3v) is 4.55. The van der Waals surface area contributed by atoms with Crippen LogP contribution in [0.25, 0.3) is 0 Å². The Hall–Kier alpha value is -0.700. The minimum Gasteiger partial charge on any atom is -0.353 e. The molecule has 0 N–H and O–H groups in total. The summed E-state index contributed by atoms with van der Waals surface area (Å²) in [6.45, 7) is 0.997. The van der Waals surface area contributed by atoms with Crippen LogP contribution in [0.1, 0.15) is 38.5 Å². The van der Waals surface area contributed by atoms with Gasteiger partial charge in [0, 0.05) is 31.1 Å². The first-order valence-electron chi connectivity index (χ1n) is 6.51. The molecule has 0 radical (unpaired) electrons. The minimum absolute atomic E-state index is 0.0852. The monoisotopic (exact) mass is 251 g/mol. The third kappa shape index (κ3) is 3.38. The maximum Gasteiger partial charge on any atom is 0.181 e. The molecule has 1 aliphatic carbocycles. The largest absolute Gasteiger partial charge is 0.353 e. The van der Waals surface area contributed by atoms with Crippen molar-refractivity contribution in [1.29, 1.82) is 0 Å². The van der Waals surface area contributed by atoms with Crippen LogP contribution in [0.3, 0.4) is 0 Å². The molecule has 1 heterocycles. The van der Waals surface area contributed by atoms with Crippen molar-refractivity contribution in [2.24, 2.45) is 5.41 Å². The summed E-state index contributed by atoms with van der Waals surface area (Å²) in [5, 5.41) is 0. The summed E-state index contributed by atoms with van der Waals surface area (Å²) in [6, 6.07) is 3.28. The Kier molecular flexibility index (Phi) is 4.32. The number of hydrogen-bond donors (Lipinski definition) is 1. The maximum absolute atomic E-state index is 11.1. The summed E-state index contributed by atoms with van der Waals surface area (Å²) in [5.74, 6) is 0.944. The highest BCUT2D eigenvalue weighted by Crippen LogP contribution is 2.37. The van der Waals surface area contributed by atoms with E-state index in [-0.39, 0.29) is 5.43 Å². The van der Waals surface area contributed by atoms with E-state index in [1.165, 1.54) is 38.5 Å². The topological polar surface area (TPSA) is 22.0 Å². The second-order valence-electron chi connectivity index (χ2n) is 5.28. The zero-order valence-corrected chi connectivity index (χ0v) is 11.2. The molecule has 1 saturated carbocycles. The van der Waals surface area contributed by atoms with Crippen molar-refractivity contribution >= 4 is 12.6 Å². The van der Waals surface area contributed by atoms with Crippen LogP contribution in [0.2, 0.25) is 0 Å². The molecule has 0 bridgehead atoms. The van der Waals surface area contributed by atoms with Crippen molar-refractivity contribution in [2.45, 2.75) is 45.1 Å². The number of pyridine rings is 1. The molecule has 0 saturated heterocycles. The van der Waals surface area contributed by atoms with E-state index >= 15 is 0 Å². The van der Waals surface area contributed by atoms with Gasteiger partial charge < -0.3 is 4.57 Å². The highest BCUT2D eigenvalue weighted by atomic mass is 32.1. The molecule has 94 valence electrons. The summed E-state index contributed by atoms with van der Waals surface area (Å²) in [6.07, 6.45) is 11.7. The smallest absolute Gasteiger partial charge is 0.181 e. The normalized spacial score (nSPS) is 19.8. The van der Waals surface area contributed by atoms with E-state index in [1.807, 2.05) is 12.4 Å². The predicted octanol–water partition coefficient (Wildman–Crippen LogP) is 3.12. The lowest BCUT2D eigenvalue weighted by Gasteiger charge is -2.32. The molecule has 17 heavy (non-hydrogen) atoms. The number of rotatable bonds is 3. The number of nitrogens with zero attached hydrogens (tertiary/aromatic N) is 1. The molecule has 1 fully saturated rings. The summed E-state index contributed by atoms with van der Waals surface area (Å²) in [7, 11) is 0. The van der Waals surface area contributed by atoms with Gasteiger partial charge >= 0.3 is 0 Å². The Morgan fingerprint density at radius 1 is 1.12 bits per heavy atom. The van der Waals surface area contributed by atoms with Gasteiger partial charge in [0.2, 0.25) is 0 Å². The average molecular weight is 251 g/mol. The predicted molar refractivity (Wildman–Crippen MR) is 74.7 cm³/mol. The summed E-state index contributed by atoms with van der Waals surface area (Å²) in [5.41, 5.74) is 0.413. The second-order valence-corrected chi connectivity index (χ2v) is 5.59. The van der Waals surface area contributed by atoms with Gasteiger partial charge in [-0.25, -0.2) is 0 Å². The first kappa shape index (κ1) is 12.7. The maximum atomic E-state index is 11.1. The van der Waals surface area contributed by atoms with E-state index in [1.54, 1.807) is 12.1 Å². The first-order chi connectivity index (χ1) is 8.24. The number of aromatic nitrogens is 1. The molecule has 3 heteroatoms. The van der Waals surface area contributed by atoms with Crippen molar-refractivity contribution in [1.82, 2.24) is 4.57 Å². The molecule has 2 nitrogen and oxygen atoms in total. The van der Waals surface area contributed by atoms with Crippen molar-refractivity contribution in [3.63, 3.8) is 0 Å². The fourth-order valence-electron chi connectivity index (χ4n) is 2.78. The van der Waals surface area contributed by atoms with Gasteiger partial charge in [0.15, 0.2) is 5.43 Å². The van der Waals surface area contributed by atoms with Crippen molar-refractivity contribution < 1.29 is 0 Å². The van der Waals surface area contributed by atoms with E-state index in [0.29, 0.717) is 5.41 Å². The van der Waals surface area contributed by atoms with E-state index in [2.05, 4.69) is 17.2 Å². The Morgan fingerprint density at radius 3 is 2.24 bits per heavy atom. The lowest BCUT2D eigenvalue weighted by Crippen LogP contribution is -2.28. The zero-order chi connectivity index (χ0) is 12.1. The highest BCUT2D eigenvalue weighted by Gasteiger charge is 2.29. The number of thiol groups is 1. The van der Waals surface area contributed by atoms with Crippen LogP contribution < -0.4 is 5.43 Å². The van der Waals surface area contributed by atoms with Crippen LogP contribution >= 0.6 is 12.6 Å². The van der Waals surface area contributed by atoms with E-state index in [4.69, 9.17) is 0 Å². The van der Waals surface area contributed by atoms with E-state index in [0.717, 1.165) is 12.3 Å². The van der Waals surface area contributed by atoms with Gasteiger partial charge in [-0.1, -0.05) is 25.7 Å². The zero-order valence-electron chi connectivity index (χ0n) is 10.3. The molecule has 1 aromatic rings. The van der Waals surface area contributed by atoms with Crippen LogP contribution in [0, 0.1) is 5.41 Å². The molecule has 1 aromatic heterocycles. The number of hydrogen-bond acceptors (Lipinski definition) is 2. The van der Waals surface area contributed by atoms with Crippen molar-refractivity contribution in [2.75, 3.05) is 5.75 Å². The van der Waals surface area contributed by atoms with Crippen LogP contribution in [-0.4, -0.2) is 10.3 Å². The quantitative estimate of drug-likeness (QED) is 0.647. The van der Waals surface area contributed by atoms with Crippen LogP contribution in [0.4, 0.5) is 0 Å². The molecule has 1 aliphatic rings. The Bertz CT molecular complexity index is 384. The van der Waals surface area contributed by atoms with Crippen LogP contribution in [0.5, 0.6) is 0 Å². The second kappa shape index (κ2) is 5.76. The summed E-state index contributed by atoms with van der Waals surface area (Å²) in [4.78, 5) is 11.1. The van der Waals surface area contributed by atoms with Gasteiger partial charge in [-0.15, -0.1) is 0 Å². The molecular weight excluding hydrogens is 230 g/mol. The fraction of sp³-hybridized carbons (Fsp3) is 0.643. The molecule has 0 aliphatic heterocycles. The van der Waals surface area contributed by atoms with E-state index < -0.39 is 0 Å². The van der Waals surface area contributed by atoms with Crippen molar-refractivity contribution in [3.8, 4) is 0 Å². The summed E-state index contributed by atoms with van der Waals surface area (Å²) >= 11 is 4.57. The minimum atomic E-state index is 0.0852. The Labute approximate surface area is 108 Å². The van der Waals surface area contributed by atoms with Gasteiger partial charge in [-0.3, -0.25) is 4.79 Å². The summed E-state index contributed by atoms with van der Waals surface area (Å²) < 4.78 is 2.14. The fourth-order valence-corrected chi connectivity index (χ4v) is 3.20. The van der Waals surface area contributed by atoms with E-state index in [9.17, 15) is 4.79 Å². The standard InChI is InChI=1S/C14H21NOS/c16-13-5-9-15(10-6-13)11-14(12-17)7-3-1-2-4-8-14/h5-6,9-10,17H,1-4,7-8,11-12H2. The first-order valence-corrected chi connectivity index (χ1v) is 7.14. The van der Waals surface area contributed by atoms with Crippen LogP contribution in [0.15, 0.2) is 29.3 Å². The Morgan fingerprint density at radius 2 is 1.71 bits per heavy atom. The van der Waals surface area contributed by atoms with Gasteiger partial charge in [-0.05, 0) is 24.0 Å². The molecule has 0 spiro atoms. The Balaban J connectivity index is 2.12. The van der Waals surface area contributed by atoms with Crippen molar-refractivity contribution in [3.05, 3.63) is 34.7 Å². The molecule has 2 rings (SSSR count). The van der Waals surface area contributed by atoms with Gasteiger partial charge in [-0.2, -0.15) is 12.6 Å². The lowest BCUT2D eigenvalue weighted by molar-refractivity contribution is 0.240. The molecule has 0 aromatic carbocycles. The van der Waals surface area contributed by atoms with Gasteiger partial charge in [0.25, 0.3) is 0 Å². The lowest BCUT2D eigenvalue weighted by atomic mass is 9.82. The highest BCUT2D eigenvalue weighted by molar-refractivity contribution is 7.80. The molecule has 0 atom stereocenters. The van der Waals surface area contributed by atoms with Gasteiger partial charge in [0.05, 0.1) is 0 Å². The van der Waals surface area contributed by atoms with Gasteiger partial charge in [0.1, 0.15) is 0 Å². The SMILES string of the molecule is O=c1ccn(CC2(CS)CCCCCC2)cc1. The molecule has 0 amide bonds. The molecular formula is C14H21NOS. The van der Waals surface area contributed by atoms with Crippen LogP contribution in [-0.2, 0) is 6.54 Å². The third-order valence-electron chi connectivity index (χ3n) is 3.88. The molecule has 0 unspecified atom stereocenters. The average Bonchev–Trinajstić information content (AvgIpc) is 2.58.